The molecule has 2 heterocycles. The standard InChI is InChI=1S/C12H17ClN3O.ClH/c1-9-4-5-10(8-16(2,3)13)12-14-7-6-11(17)15(9)12;/h6-9H,4-5H2,1-3H3;1H/q+1;/p-1/b10-8+;. The van der Waals surface area contributed by atoms with Crippen molar-refractivity contribution in [3.05, 3.63) is 34.6 Å². The molecule has 0 amide bonds. The second kappa shape index (κ2) is 5.43. The van der Waals surface area contributed by atoms with Gasteiger partial charge in [-0.1, -0.05) is 0 Å². The zero-order chi connectivity index (χ0) is 12.6. The third-order valence-corrected chi connectivity index (χ3v) is 3.00. The Kier molecular flexibility index (Phi) is 4.59. The molecule has 0 bridgehead atoms. The lowest BCUT2D eigenvalue weighted by Gasteiger charge is -2.26. The minimum absolute atomic E-state index is 0. The van der Waals surface area contributed by atoms with Crippen molar-refractivity contribution < 1.29 is 16.4 Å². The van der Waals surface area contributed by atoms with Crippen molar-refractivity contribution in [2.45, 2.75) is 25.8 Å². The molecule has 0 aromatic carbocycles. The molecule has 1 atom stereocenters. The second-order valence-electron chi connectivity index (χ2n) is 4.92. The monoisotopic (exact) mass is 289 g/mol. The van der Waals surface area contributed by atoms with Gasteiger partial charge in [0.2, 0.25) is 0 Å². The quantitative estimate of drug-likeness (QED) is 0.633. The van der Waals surface area contributed by atoms with Crippen LogP contribution in [0.4, 0.5) is 0 Å². The van der Waals surface area contributed by atoms with E-state index in [-0.39, 0.29) is 28.0 Å². The normalized spacial score (nSPS) is 21.3. The zero-order valence-corrected chi connectivity index (χ0v) is 12.2. The molecule has 0 N–H and O–H groups in total. The molecule has 0 saturated carbocycles. The number of hydrogen-bond donors (Lipinski definition) is 0. The van der Waals surface area contributed by atoms with Gasteiger partial charge in [0.05, 0.1) is 14.1 Å². The van der Waals surface area contributed by atoms with Crippen molar-refractivity contribution in [2.24, 2.45) is 0 Å². The summed E-state index contributed by atoms with van der Waals surface area (Å²) in [4.78, 5) is 16.2. The van der Waals surface area contributed by atoms with Crippen LogP contribution in [0.3, 0.4) is 0 Å². The first kappa shape index (κ1) is 15.2. The number of fused-ring (bicyclic) bond motifs is 1. The maximum absolute atomic E-state index is 11.8. The van der Waals surface area contributed by atoms with E-state index in [2.05, 4.69) is 4.98 Å². The average molecular weight is 290 g/mol. The number of aromatic nitrogens is 2. The minimum Gasteiger partial charge on any atom is -1.00 e. The van der Waals surface area contributed by atoms with Gasteiger partial charge in [-0.05, 0) is 19.8 Å². The summed E-state index contributed by atoms with van der Waals surface area (Å²) in [7, 11) is 3.75. The summed E-state index contributed by atoms with van der Waals surface area (Å²) in [6.45, 7) is 2.05. The predicted molar refractivity (Wildman–Crippen MR) is 68.4 cm³/mol. The van der Waals surface area contributed by atoms with E-state index in [1.54, 1.807) is 10.8 Å². The fourth-order valence-electron chi connectivity index (χ4n) is 2.18. The van der Waals surface area contributed by atoms with Crippen molar-refractivity contribution in [1.82, 2.24) is 9.55 Å². The largest absolute Gasteiger partial charge is 1.00 e. The van der Waals surface area contributed by atoms with Gasteiger partial charge in [-0.3, -0.25) is 9.36 Å². The summed E-state index contributed by atoms with van der Waals surface area (Å²) >= 11 is 6.16. The Morgan fingerprint density at radius 3 is 2.83 bits per heavy atom. The number of halogens is 2. The second-order valence-corrected chi connectivity index (χ2v) is 5.79. The Morgan fingerprint density at radius 1 is 1.56 bits per heavy atom. The predicted octanol–water partition coefficient (Wildman–Crippen LogP) is -0.827. The fraction of sp³-hybridized carbons (Fsp3) is 0.500. The number of hydrogen-bond acceptors (Lipinski definition) is 2. The summed E-state index contributed by atoms with van der Waals surface area (Å²) < 4.78 is 1.97. The highest BCUT2D eigenvalue weighted by molar-refractivity contribution is 6.07. The Labute approximate surface area is 118 Å². The molecule has 0 saturated heterocycles. The smallest absolute Gasteiger partial charge is 0.253 e. The van der Waals surface area contributed by atoms with Crippen LogP contribution in [0.2, 0.25) is 0 Å². The third-order valence-electron chi connectivity index (χ3n) is 2.90. The lowest BCUT2D eigenvalue weighted by molar-refractivity contribution is -0.712. The molecule has 1 aromatic rings. The fourth-order valence-corrected chi connectivity index (χ4v) is 2.30. The van der Waals surface area contributed by atoms with Crippen LogP contribution in [-0.4, -0.2) is 27.6 Å². The molecular formula is C12H17Cl2N3O. The van der Waals surface area contributed by atoms with Gasteiger partial charge in [0, 0.05) is 23.9 Å². The third kappa shape index (κ3) is 3.13. The molecule has 6 heteroatoms. The van der Waals surface area contributed by atoms with Crippen molar-refractivity contribution in [3.8, 4) is 0 Å². The van der Waals surface area contributed by atoms with Crippen LogP contribution in [0.5, 0.6) is 0 Å². The lowest BCUT2D eigenvalue weighted by atomic mass is 10.0. The van der Waals surface area contributed by atoms with Crippen LogP contribution in [0.15, 0.2) is 23.3 Å². The molecule has 18 heavy (non-hydrogen) atoms. The van der Waals surface area contributed by atoms with Gasteiger partial charge in [-0.15, -0.1) is 0 Å². The molecule has 0 aliphatic carbocycles. The Bertz CT molecular complexity index is 517. The van der Waals surface area contributed by atoms with Crippen molar-refractivity contribution in [3.63, 3.8) is 0 Å². The van der Waals surface area contributed by atoms with Crippen molar-refractivity contribution in [2.75, 3.05) is 14.1 Å². The van der Waals surface area contributed by atoms with Crippen LogP contribution in [0, 0.1) is 0 Å². The number of nitrogens with zero attached hydrogens (tertiary/aromatic N) is 3. The molecule has 100 valence electrons. The number of allylic oxidation sites excluding steroid dienone is 1. The molecule has 4 nitrogen and oxygen atoms in total. The Morgan fingerprint density at radius 2 is 2.22 bits per heavy atom. The van der Waals surface area contributed by atoms with Gasteiger partial charge < -0.3 is 12.4 Å². The van der Waals surface area contributed by atoms with Crippen LogP contribution in [0.25, 0.3) is 5.57 Å². The molecular weight excluding hydrogens is 273 g/mol. The van der Waals surface area contributed by atoms with Gasteiger partial charge in [0.1, 0.15) is 12.0 Å². The van der Waals surface area contributed by atoms with Gasteiger partial charge in [0.15, 0.2) is 11.8 Å². The zero-order valence-electron chi connectivity index (χ0n) is 10.7. The summed E-state index contributed by atoms with van der Waals surface area (Å²) in [5.74, 6) is 0.753. The highest BCUT2D eigenvalue weighted by Gasteiger charge is 2.24. The molecule has 1 unspecified atom stereocenters. The first-order chi connectivity index (χ1) is 7.88. The van der Waals surface area contributed by atoms with E-state index in [1.807, 2.05) is 27.2 Å². The number of rotatable bonds is 1. The molecule has 0 fully saturated rings. The van der Waals surface area contributed by atoms with E-state index in [9.17, 15) is 4.79 Å². The lowest BCUT2D eigenvalue weighted by Crippen LogP contribution is -3.00. The van der Waals surface area contributed by atoms with Crippen LogP contribution < -0.4 is 18.0 Å². The highest BCUT2D eigenvalue weighted by Crippen LogP contribution is 2.30. The van der Waals surface area contributed by atoms with E-state index in [0.29, 0.717) is 0 Å². The van der Waals surface area contributed by atoms with Gasteiger partial charge in [-0.2, -0.15) is 0 Å². The topological polar surface area (TPSA) is 34.9 Å². The Balaban J connectivity index is 0.00000162. The number of quaternary nitrogens is 1. The van der Waals surface area contributed by atoms with Gasteiger partial charge in [0.25, 0.3) is 5.56 Å². The first-order valence-electron chi connectivity index (χ1n) is 5.71. The molecule has 1 aliphatic heterocycles. The maximum Gasteiger partial charge on any atom is 0.253 e. The van der Waals surface area contributed by atoms with Crippen LogP contribution >= 0.6 is 11.8 Å². The molecule has 2 rings (SSSR count). The van der Waals surface area contributed by atoms with E-state index in [4.69, 9.17) is 11.8 Å². The van der Waals surface area contributed by atoms with Crippen LogP contribution in [-0.2, 0) is 0 Å². The highest BCUT2D eigenvalue weighted by atomic mass is 35.5. The molecule has 1 aromatic heterocycles. The van der Waals surface area contributed by atoms with Gasteiger partial charge in [-0.25, -0.2) is 8.99 Å². The summed E-state index contributed by atoms with van der Waals surface area (Å²) in [6.07, 6.45) is 5.35. The van der Waals surface area contributed by atoms with E-state index >= 15 is 0 Å². The molecule has 0 spiro atoms. The summed E-state index contributed by atoms with van der Waals surface area (Å²) in [5, 5.41) is 0. The van der Waals surface area contributed by atoms with Crippen molar-refractivity contribution in [1.29, 1.82) is 0 Å². The average Bonchev–Trinajstić information content (AvgIpc) is 2.20. The van der Waals surface area contributed by atoms with Crippen molar-refractivity contribution >= 4 is 17.3 Å². The Hall–Kier alpha value is -0.840. The van der Waals surface area contributed by atoms with Gasteiger partial charge >= 0.3 is 0 Å². The SMILES string of the molecule is CC1CC/C(=C\[N+](C)(C)Cl)c2nccc(=O)n21.[Cl-]. The summed E-state index contributed by atoms with van der Waals surface area (Å²) in [6, 6.07) is 1.71. The maximum atomic E-state index is 11.8. The van der Waals surface area contributed by atoms with Crippen LogP contribution in [0.1, 0.15) is 31.6 Å². The van der Waals surface area contributed by atoms with E-state index in [1.165, 1.54) is 6.07 Å². The van der Waals surface area contributed by atoms with E-state index < -0.39 is 0 Å². The minimum atomic E-state index is 0. The molecule has 1 aliphatic rings. The molecule has 0 radical (unpaired) electrons. The summed E-state index contributed by atoms with van der Waals surface area (Å²) in [5.41, 5.74) is 1.05. The first-order valence-corrected chi connectivity index (χ1v) is 6.05. The van der Waals surface area contributed by atoms with E-state index in [0.717, 1.165) is 24.2 Å².